The predicted octanol–water partition coefficient (Wildman–Crippen LogP) is 0.542. The van der Waals surface area contributed by atoms with Crippen LogP contribution in [0.5, 0.6) is 0 Å². The van der Waals surface area contributed by atoms with E-state index < -0.39 is 32.6 Å². The van der Waals surface area contributed by atoms with Crippen molar-refractivity contribution >= 4 is 16.0 Å². The number of hydrogen-bond acceptors (Lipinski definition) is 5. The summed E-state index contributed by atoms with van der Waals surface area (Å²) >= 11 is 0. The van der Waals surface area contributed by atoms with Gasteiger partial charge in [0, 0.05) is 18.4 Å². The second-order valence-electron chi connectivity index (χ2n) is 4.04. The van der Waals surface area contributed by atoms with Gasteiger partial charge in [-0.1, -0.05) is 0 Å². The van der Waals surface area contributed by atoms with Gasteiger partial charge in [-0.3, -0.25) is 10.1 Å². The van der Waals surface area contributed by atoms with Crippen LogP contribution in [-0.2, 0) is 10.0 Å². The number of hydrogen-bond donors (Lipinski definition) is 3. The third-order valence-electron chi connectivity index (χ3n) is 2.64. The molecule has 2 heterocycles. The molecular weight excluding hydrogens is 284 g/mol. The van der Waals surface area contributed by atoms with Gasteiger partial charge in [-0.05, 0) is 24.6 Å². The first kappa shape index (κ1) is 14.2. The minimum atomic E-state index is -4.01. The molecular formula is C11H12N4O4S. The SMILES string of the molecule is CC(NS(=O)(=O)c1[nH]ncc1C(=O)O)c1ccncc1. The number of aromatic carboxylic acids is 1. The summed E-state index contributed by atoms with van der Waals surface area (Å²) in [6.45, 7) is 1.64. The summed E-state index contributed by atoms with van der Waals surface area (Å²) in [5.74, 6) is -1.37. The summed E-state index contributed by atoms with van der Waals surface area (Å²) in [6.07, 6.45) is 4.03. The zero-order valence-electron chi connectivity index (χ0n) is 10.4. The van der Waals surface area contributed by atoms with E-state index in [1.165, 1.54) is 0 Å². The highest BCUT2D eigenvalue weighted by molar-refractivity contribution is 7.89. The van der Waals surface area contributed by atoms with E-state index in [2.05, 4.69) is 19.9 Å². The molecule has 20 heavy (non-hydrogen) atoms. The van der Waals surface area contributed by atoms with Gasteiger partial charge >= 0.3 is 5.97 Å². The summed E-state index contributed by atoms with van der Waals surface area (Å²) in [6, 6.07) is 2.80. The van der Waals surface area contributed by atoms with Gasteiger partial charge in [0.1, 0.15) is 5.56 Å². The van der Waals surface area contributed by atoms with E-state index in [-0.39, 0.29) is 0 Å². The molecule has 0 bridgehead atoms. The Morgan fingerprint density at radius 3 is 2.65 bits per heavy atom. The summed E-state index contributed by atoms with van der Waals surface area (Å²) in [4.78, 5) is 14.8. The number of carboxylic acid groups (broad SMARTS) is 1. The number of nitrogens with zero attached hydrogens (tertiary/aromatic N) is 2. The quantitative estimate of drug-likeness (QED) is 0.739. The molecule has 3 N–H and O–H groups in total. The molecule has 9 heteroatoms. The topological polar surface area (TPSA) is 125 Å². The molecule has 0 aromatic carbocycles. The zero-order chi connectivity index (χ0) is 14.8. The van der Waals surface area contributed by atoms with Crippen LogP contribution in [0, 0.1) is 0 Å². The minimum Gasteiger partial charge on any atom is -0.478 e. The first-order valence-corrected chi connectivity index (χ1v) is 7.09. The van der Waals surface area contributed by atoms with E-state index >= 15 is 0 Å². The highest BCUT2D eigenvalue weighted by Crippen LogP contribution is 2.17. The van der Waals surface area contributed by atoms with Crippen LogP contribution in [0.25, 0.3) is 0 Å². The van der Waals surface area contributed by atoms with Crippen LogP contribution in [0.15, 0.2) is 35.7 Å². The lowest BCUT2D eigenvalue weighted by molar-refractivity contribution is 0.0692. The molecule has 0 saturated carbocycles. The average molecular weight is 296 g/mol. The normalized spacial score (nSPS) is 13.1. The molecule has 0 aliphatic carbocycles. The number of rotatable bonds is 5. The molecule has 0 saturated heterocycles. The molecule has 1 unspecified atom stereocenters. The highest BCUT2D eigenvalue weighted by Gasteiger charge is 2.26. The smallest absolute Gasteiger partial charge is 0.340 e. The number of carboxylic acids is 1. The predicted molar refractivity (Wildman–Crippen MR) is 68.5 cm³/mol. The molecule has 1 atom stereocenters. The summed E-state index contributed by atoms with van der Waals surface area (Å²) in [5.41, 5.74) is 0.305. The fraction of sp³-hybridized carbons (Fsp3) is 0.182. The van der Waals surface area contributed by atoms with Crippen molar-refractivity contribution in [2.75, 3.05) is 0 Å². The van der Waals surface area contributed by atoms with Crippen molar-refractivity contribution in [1.29, 1.82) is 0 Å². The number of nitrogens with one attached hydrogen (secondary N) is 2. The molecule has 2 aromatic heterocycles. The lowest BCUT2D eigenvalue weighted by Gasteiger charge is -2.13. The van der Waals surface area contributed by atoms with E-state index in [9.17, 15) is 13.2 Å². The molecule has 0 radical (unpaired) electrons. The van der Waals surface area contributed by atoms with Crippen molar-refractivity contribution in [3.8, 4) is 0 Å². The zero-order valence-corrected chi connectivity index (χ0v) is 11.3. The van der Waals surface area contributed by atoms with E-state index in [0.717, 1.165) is 6.20 Å². The molecule has 0 amide bonds. The van der Waals surface area contributed by atoms with Gasteiger partial charge in [0.25, 0.3) is 10.0 Å². The standard InChI is InChI=1S/C11H12N4O4S/c1-7(8-2-4-12-5-3-8)15-20(18,19)10-9(11(16)17)6-13-14-10/h2-7,15H,1H3,(H,13,14)(H,16,17). The van der Waals surface area contributed by atoms with Crippen molar-refractivity contribution in [2.45, 2.75) is 18.0 Å². The monoisotopic (exact) mass is 296 g/mol. The van der Waals surface area contributed by atoms with Gasteiger partial charge < -0.3 is 5.11 Å². The fourth-order valence-electron chi connectivity index (χ4n) is 1.64. The van der Waals surface area contributed by atoms with Gasteiger partial charge in [-0.2, -0.15) is 5.10 Å². The van der Waals surface area contributed by atoms with Gasteiger partial charge in [-0.25, -0.2) is 17.9 Å². The fourth-order valence-corrected chi connectivity index (χ4v) is 2.97. The van der Waals surface area contributed by atoms with Gasteiger partial charge in [0.2, 0.25) is 0 Å². The number of carbonyl (C=O) groups is 1. The number of aromatic nitrogens is 3. The molecule has 0 aliphatic rings. The molecule has 106 valence electrons. The number of sulfonamides is 1. The van der Waals surface area contributed by atoms with Crippen molar-refractivity contribution in [1.82, 2.24) is 19.9 Å². The van der Waals surface area contributed by atoms with Crippen molar-refractivity contribution < 1.29 is 18.3 Å². The Labute approximate surface area is 114 Å². The molecule has 2 rings (SSSR count). The second-order valence-corrected chi connectivity index (χ2v) is 5.69. The van der Waals surface area contributed by atoms with E-state index in [4.69, 9.17) is 5.11 Å². The maximum absolute atomic E-state index is 12.1. The summed E-state index contributed by atoms with van der Waals surface area (Å²) < 4.78 is 26.7. The van der Waals surface area contributed by atoms with Crippen LogP contribution in [0.3, 0.4) is 0 Å². The second kappa shape index (κ2) is 5.39. The number of aromatic amines is 1. The average Bonchev–Trinajstić information content (AvgIpc) is 2.89. The maximum Gasteiger partial charge on any atom is 0.340 e. The largest absolute Gasteiger partial charge is 0.478 e. The third kappa shape index (κ3) is 2.83. The van der Waals surface area contributed by atoms with Crippen LogP contribution in [-0.4, -0.2) is 34.7 Å². The Morgan fingerprint density at radius 2 is 2.05 bits per heavy atom. The molecule has 0 spiro atoms. The maximum atomic E-state index is 12.1. The van der Waals surface area contributed by atoms with E-state index in [0.29, 0.717) is 5.56 Å². The lowest BCUT2D eigenvalue weighted by atomic mass is 10.1. The van der Waals surface area contributed by atoms with Crippen LogP contribution >= 0.6 is 0 Å². The number of H-pyrrole nitrogens is 1. The minimum absolute atomic E-state index is 0.403. The summed E-state index contributed by atoms with van der Waals surface area (Å²) in [7, 11) is -4.01. The first-order valence-electron chi connectivity index (χ1n) is 5.60. The van der Waals surface area contributed by atoms with Gasteiger partial charge in [0.05, 0.1) is 6.20 Å². The van der Waals surface area contributed by atoms with Crippen LogP contribution < -0.4 is 4.72 Å². The first-order chi connectivity index (χ1) is 9.42. The Bertz CT molecular complexity index is 711. The molecule has 0 fully saturated rings. The number of pyridine rings is 1. The Balaban J connectivity index is 2.28. The van der Waals surface area contributed by atoms with E-state index in [1.54, 1.807) is 31.5 Å². The van der Waals surface area contributed by atoms with Crippen LogP contribution in [0.1, 0.15) is 28.9 Å². The Morgan fingerprint density at radius 1 is 1.40 bits per heavy atom. The Hall–Kier alpha value is -2.26. The molecule has 2 aromatic rings. The van der Waals surface area contributed by atoms with Crippen LogP contribution in [0.4, 0.5) is 0 Å². The molecule has 0 aliphatic heterocycles. The van der Waals surface area contributed by atoms with Gasteiger partial charge in [0.15, 0.2) is 5.03 Å². The van der Waals surface area contributed by atoms with Gasteiger partial charge in [-0.15, -0.1) is 0 Å². The van der Waals surface area contributed by atoms with Crippen molar-refractivity contribution in [3.63, 3.8) is 0 Å². The van der Waals surface area contributed by atoms with Crippen LogP contribution in [0.2, 0.25) is 0 Å². The molecule has 8 nitrogen and oxygen atoms in total. The van der Waals surface area contributed by atoms with E-state index in [1.807, 2.05) is 0 Å². The Kier molecular flexibility index (Phi) is 3.81. The summed E-state index contributed by atoms with van der Waals surface area (Å²) in [5, 5.41) is 14.1. The lowest BCUT2D eigenvalue weighted by Crippen LogP contribution is -2.28. The van der Waals surface area contributed by atoms with Crippen molar-refractivity contribution in [3.05, 3.63) is 41.9 Å². The highest BCUT2D eigenvalue weighted by atomic mass is 32.2. The third-order valence-corrected chi connectivity index (χ3v) is 4.15. The van der Waals surface area contributed by atoms with Crippen molar-refractivity contribution in [2.24, 2.45) is 0 Å².